The third kappa shape index (κ3) is 2.56. The minimum atomic E-state index is -2.07. The molecule has 0 unspecified atom stereocenters. The Hall–Kier alpha value is -2.58. The number of carbonyl (C=O) groups excluding carboxylic acids is 1. The second kappa shape index (κ2) is 5.59. The number of halogens is 4. The number of aliphatic hydroxyl groups excluding tert-OH is 1. The molecule has 0 atom stereocenters. The Bertz CT molecular complexity index is 595. The molecule has 20 heavy (non-hydrogen) atoms. The second-order valence-electron chi connectivity index (χ2n) is 3.36. The molecule has 0 aliphatic carbocycles. The summed E-state index contributed by atoms with van der Waals surface area (Å²) in [5.41, 5.74) is -1.69. The van der Waals surface area contributed by atoms with Gasteiger partial charge in [-0.25, -0.2) is 13.6 Å². The molecule has 0 heterocycles. The van der Waals surface area contributed by atoms with E-state index in [1.807, 2.05) is 0 Å². The van der Waals surface area contributed by atoms with Gasteiger partial charge >= 0.3 is 5.97 Å². The highest BCUT2D eigenvalue weighted by molar-refractivity contribution is 6.08. The van der Waals surface area contributed by atoms with E-state index in [-0.39, 0.29) is 6.08 Å². The standard InChI is InChI=1S/C11H6F4O5/c1-20-10-8(14)6(12)5(7(13)9(10)15)3(16)2-4(17)11(18)19/h2,17H,1H3,(H,18,19)/b4-2-. The molecule has 1 aromatic rings. The van der Waals surface area contributed by atoms with Gasteiger partial charge in [0, 0.05) is 6.08 Å². The molecular formula is C11H6F4O5. The summed E-state index contributed by atoms with van der Waals surface area (Å²) in [6.45, 7) is 0. The predicted molar refractivity (Wildman–Crippen MR) is 55.5 cm³/mol. The van der Waals surface area contributed by atoms with E-state index in [1.54, 1.807) is 0 Å². The number of methoxy groups -OCH3 is 1. The lowest BCUT2D eigenvalue weighted by molar-refractivity contribution is -0.135. The molecule has 0 saturated heterocycles. The summed E-state index contributed by atoms with van der Waals surface area (Å²) in [7, 11) is 0.748. The molecule has 0 fully saturated rings. The first kappa shape index (κ1) is 15.5. The lowest BCUT2D eigenvalue weighted by Gasteiger charge is -2.09. The number of aliphatic carboxylic acids is 1. The Balaban J connectivity index is 3.52. The van der Waals surface area contributed by atoms with E-state index in [4.69, 9.17) is 10.2 Å². The van der Waals surface area contributed by atoms with E-state index >= 15 is 0 Å². The lowest BCUT2D eigenvalue weighted by atomic mass is 10.1. The smallest absolute Gasteiger partial charge is 0.371 e. The number of hydrogen-bond acceptors (Lipinski definition) is 4. The number of ether oxygens (including phenoxy) is 1. The highest BCUT2D eigenvalue weighted by Crippen LogP contribution is 2.30. The average molecular weight is 294 g/mol. The first-order valence-electron chi connectivity index (χ1n) is 4.80. The van der Waals surface area contributed by atoms with Gasteiger partial charge in [0.2, 0.25) is 17.4 Å². The molecule has 1 aromatic carbocycles. The van der Waals surface area contributed by atoms with Crippen molar-refractivity contribution in [3.8, 4) is 5.75 Å². The zero-order valence-electron chi connectivity index (χ0n) is 9.71. The molecule has 2 N–H and O–H groups in total. The molecule has 0 aromatic heterocycles. The van der Waals surface area contributed by atoms with Crippen LogP contribution in [-0.4, -0.2) is 29.1 Å². The highest BCUT2D eigenvalue weighted by Gasteiger charge is 2.29. The number of allylic oxidation sites excluding steroid dienone is 1. The fourth-order valence-corrected chi connectivity index (χ4v) is 1.27. The van der Waals surface area contributed by atoms with E-state index in [0.717, 1.165) is 7.11 Å². The Morgan fingerprint density at radius 3 is 1.80 bits per heavy atom. The average Bonchev–Trinajstić information content (AvgIpc) is 2.37. The van der Waals surface area contributed by atoms with E-state index in [9.17, 15) is 27.2 Å². The van der Waals surface area contributed by atoms with E-state index in [1.165, 1.54) is 0 Å². The number of ketones is 1. The molecule has 1 rings (SSSR count). The topological polar surface area (TPSA) is 83.8 Å². The molecular weight excluding hydrogens is 288 g/mol. The van der Waals surface area contributed by atoms with Crippen molar-refractivity contribution >= 4 is 11.8 Å². The molecule has 9 heteroatoms. The van der Waals surface area contributed by atoms with Gasteiger partial charge in [0.1, 0.15) is 0 Å². The first-order valence-corrected chi connectivity index (χ1v) is 4.80. The summed E-state index contributed by atoms with van der Waals surface area (Å²) in [5, 5.41) is 17.0. The van der Waals surface area contributed by atoms with Crippen molar-refractivity contribution in [1.29, 1.82) is 0 Å². The van der Waals surface area contributed by atoms with Gasteiger partial charge < -0.3 is 14.9 Å². The van der Waals surface area contributed by atoms with Crippen LogP contribution in [0.3, 0.4) is 0 Å². The van der Waals surface area contributed by atoms with E-state index < -0.39 is 52.1 Å². The van der Waals surface area contributed by atoms with Crippen molar-refractivity contribution in [2.75, 3.05) is 7.11 Å². The van der Waals surface area contributed by atoms with Gasteiger partial charge in [-0.1, -0.05) is 0 Å². The Labute approximate surface area is 108 Å². The number of carboxylic acids is 1. The van der Waals surface area contributed by atoms with Crippen LogP contribution in [0.2, 0.25) is 0 Å². The third-order valence-corrected chi connectivity index (χ3v) is 2.16. The highest BCUT2D eigenvalue weighted by atomic mass is 19.2. The molecule has 0 aliphatic rings. The number of rotatable bonds is 4. The minimum Gasteiger partial charge on any atom is -0.502 e. The molecule has 0 radical (unpaired) electrons. The first-order chi connectivity index (χ1) is 9.22. The van der Waals surface area contributed by atoms with Gasteiger partial charge in [-0.2, -0.15) is 8.78 Å². The van der Waals surface area contributed by atoms with Crippen LogP contribution < -0.4 is 4.74 Å². The molecule has 0 bridgehead atoms. The fraction of sp³-hybridized carbons (Fsp3) is 0.0909. The zero-order valence-corrected chi connectivity index (χ0v) is 9.71. The molecule has 5 nitrogen and oxygen atoms in total. The van der Waals surface area contributed by atoms with Gasteiger partial charge in [0.05, 0.1) is 12.7 Å². The van der Waals surface area contributed by atoms with Crippen LogP contribution in [-0.2, 0) is 4.79 Å². The quantitative estimate of drug-likeness (QED) is 0.291. The van der Waals surface area contributed by atoms with Crippen molar-refractivity contribution in [3.05, 3.63) is 40.7 Å². The normalized spacial score (nSPS) is 11.3. The molecule has 0 saturated carbocycles. The van der Waals surface area contributed by atoms with Crippen LogP contribution >= 0.6 is 0 Å². The summed E-state index contributed by atoms with van der Waals surface area (Å²) < 4.78 is 57.6. The van der Waals surface area contributed by atoms with Crippen LogP contribution in [0.1, 0.15) is 10.4 Å². The fourth-order valence-electron chi connectivity index (χ4n) is 1.27. The number of carboxylic acid groups (broad SMARTS) is 1. The molecule has 0 aliphatic heterocycles. The number of aliphatic hydroxyl groups is 1. The number of benzene rings is 1. The van der Waals surface area contributed by atoms with Gasteiger partial charge in [0.25, 0.3) is 0 Å². The summed E-state index contributed by atoms with van der Waals surface area (Å²) in [4.78, 5) is 21.6. The maximum absolute atomic E-state index is 13.5. The molecule has 0 spiro atoms. The Morgan fingerprint density at radius 1 is 1.00 bits per heavy atom. The predicted octanol–water partition coefficient (Wildman–Crippen LogP) is 1.96. The van der Waals surface area contributed by atoms with Crippen molar-refractivity contribution in [2.45, 2.75) is 0 Å². The zero-order chi connectivity index (χ0) is 15.6. The molecule has 0 amide bonds. The van der Waals surface area contributed by atoms with Crippen LogP contribution in [0, 0.1) is 23.3 Å². The van der Waals surface area contributed by atoms with Gasteiger partial charge in [-0.15, -0.1) is 0 Å². The van der Waals surface area contributed by atoms with Gasteiger partial charge in [0.15, 0.2) is 23.2 Å². The Kier molecular flexibility index (Phi) is 4.33. The summed E-state index contributed by atoms with van der Waals surface area (Å²) in [5.74, 6) is -14.7. The van der Waals surface area contributed by atoms with Gasteiger partial charge in [-0.05, 0) is 0 Å². The lowest BCUT2D eigenvalue weighted by Crippen LogP contribution is -2.12. The summed E-state index contributed by atoms with van der Waals surface area (Å²) in [6, 6.07) is 0. The van der Waals surface area contributed by atoms with E-state index in [2.05, 4.69) is 4.74 Å². The maximum atomic E-state index is 13.5. The van der Waals surface area contributed by atoms with Crippen molar-refractivity contribution in [1.82, 2.24) is 0 Å². The number of hydrogen-bond donors (Lipinski definition) is 2. The van der Waals surface area contributed by atoms with Crippen LogP contribution in [0.5, 0.6) is 5.75 Å². The number of carbonyl (C=O) groups is 2. The molecule has 108 valence electrons. The SMILES string of the molecule is COc1c(F)c(F)c(C(=O)/C=C(\O)C(=O)O)c(F)c1F. The summed E-state index contributed by atoms with van der Waals surface area (Å²) >= 11 is 0. The van der Waals surface area contributed by atoms with Crippen LogP contribution in [0.15, 0.2) is 11.8 Å². The van der Waals surface area contributed by atoms with Crippen molar-refractivity contribution < 1.29 is 42.1 Å². The third-order valence-electron chi connectivity index (χ3n) is 2.16. The monoisotopic (exact) mass is 294 g/mol. The Morgan fingerprint density at radius 2 is 1.45 bits per heavy atom. The van der Waals surface area contributed by atoms with Crippen LogP contribution in [0.25, 0.3) is 0 Å². The van der Waals surface area contributed by atoms with Crippen molar-refractivity contribution in [2.24, 2.45) is 0 Å². The second-order valence-corrected chi connectivity index (χ2v) is 3.36. The van der Waals surface area contributed by atoms with Gasteiger partial charge in [-0.3, -0.25) is 4.79 Å². The largest absolute Gasteiger partial charge is 0.502 e. The summed E-state index contributed by atoms with van der Waals surface area (Å²) in [6.07, 6.45) is -0.0881. The minimum absolute atomic E-state index is 0.0881. The van der Waals surface area contributed by atoms with E-state index in [0.29, 0.717) is 0 Å². The maximum Gasteiger partial charge on any atom is 0.371 e. The van der Waals surface area contributed by atoms with Crippen LogP contribution in [0.4, 0.5) is 17.6 Å². The van der Waals surface area contributed by atoms with Crippen molar-refractivity contribution in [3.63, 3.8) is 0 Å².